The Kier molecular flexibility index (Phi) is 4.82. The molecule has 24 heavy (non-hydrogen) atoms. The molecule has 3 rings (SSSR count). The van der Waals surface area contributed by atoms with Gasteiger partial charge in [0, 0.05) is 40.4 Å². The van der Waals surface area contributed by atoms with E-state index in [2.05, 4.69) is 21.2 Å². The molecule has 0 saturated carbocycles. The van der Waals surface area contributed by atoms with Crippen LogP contribution in [0.25, 0.3) is 11.4 Å². The van der Waals surface area contributed by atoms with E-state index in [0.29, 0.717) is 24.9 Å². The highest BCUT2D eigenvalue weighted by molar-refractivity contribution is 7.92. The lowest BCUT2D eigenvalue weighted by Gasteiger charge is -2.34. The molecule has 7 heteroatoms. The molecule has 0 N–H and O–H groups in total. The van der Waals surface area contributed by atoms with E-state index >= 15 is 0 Å². The first-order valence-electron chi connectivity index (χ1n) is 7.88. The smallest absolute Gasteiger partial charge is 0.167 e. The second-order valence-corrected chi connectivity index (χ2v) is 8.71. The van der Waals surface area contributed by atoms with Crippen molar-refractivity contribution < 1.29 is 8.95 Å². The fourth-order valence-corrected chi connectivity index (χ4v) is 3.17. The molecule has 2 heterocycles. The van der Waals surface area contributed by atoms with Crippen molar-refractivity contribution >= 4 is 21.4 Å². The number of anilines is 1. The van der Waals surface area contributed by atoms with E-state index in [-0.39, 0.29) is 6.04 Å². The Morgan fingerprint density at radius 3 is 2.67 bits per heavy atom. The van der Waals surface area contributed by atoms with Gasteiger partial charge in [0.25, 0.3) is 0 Å². The summed E-state index contributed by atoms with van der Waals surface area (Å²) in [5, 5.41) is 0. The lowest BCUT2D eigenvalue weighted by Crippen LogP contribution is -2.44. The Labute approximate surface area is 143 Å². The number of hydrogen-bond acceptors (Lipinski definition) is 6. The van der Waals surface area contributed by atoms with Gasteiger partial charge in [-0.1, -0.05) is 30.3 Å². The molecule has 0 aliphatic carbocycles. The number of morpholine rings is 1. The van der Waals surface area contributed by atoms with Gasteiger partial charge in [0.15, 0.2) is 11.6 Å². The van der Waals surface area contributed by atoms with Gasteiger partial charge in [-0.25, -0.2) is 14.2 Å². The maximum absolute atomic E-state index is 12.1. The molecule has 0 spiro atoms. The van der Waals surface area contributed by atoms with Crippen LogP contribution in [0.5, 0.6) is 0 Å². The lowest BCUT2D eigenvalue weighted by atomic mass is 10.2. The van der Waals surface area contributed by atoms with Crippen LogP contribution >= 0.6 is 0 Å². The van der Waals surface area contributed by atoms with Crippen LogP contribution in [0.4, 0.5) is 11.6 Å². The first kappa shape index (κ1) is 16.9. The molecule has 1 aliphatic heterocycles. The maximum Gasteiger partial charge on any atom is 0.167 e. The third kappa shape index (κ3) is 4.10. The summed E-state index contributed by atoms with van der Waals surface area (Å²) in [4.78, 5) is 11.4. The number of ether oxygens (including phenoxy) is 1. The fraction of sp³-hybridized carbons (Fsp3) is 0.412. The molecule has 0 unspecified atom stereocenters. The zero-order valence-electron chi connectivity index (χ0n) is 14.2. The summed E-state index contributed by atoms with van der Waals surface area (Å²) in [6, 6.07) is 11.8. The summed E-state index contributed by atoms with van der Waals surface area (Å²) < 4.78 is 21.9. The molecule has 1 aromatic heterocycles. The van der Waals surface area contributed by atoms with E-state index in [4.69, 9.17) is 9.72 Å². The number of benzene rings is 1. The lowest BCUT2D eigenvalue weighted by molar-refractivity contribution is 0.0985. The van der Waals surface area contributed by atoms with Crippen LogP contribution < -0.4 is 4.90 Å². The molecule has 6 nitrogen and oxygen atoms in total. The zero-order chi connectivity index (χ0) is 17.2. The van der Waals surface area contributed by atoms with Crippen molar-refractivity contribution in [2.24, 2.45) is 4.36 Å². The molecule has 1 fully saturated rings. The van der Waals surface area contributed by atoms with Crippen molar-refractivity contribution in [3.05, 3.63) is 36.4 Å². The topological polar surface area (TPSA) is 67.7 Å². The van der Waals surface area contributed by atoms with Gasteiger partial charge in [-0.3, -0.25) is 0 Å². The van der Waals surface area contributed by atoms with Gasteiger partial charge in [-0.05, 0) is 6.92 Å². The number of aromatic nitrogens is 2. The second-order valence-electron chi connectivity index (χ2n) is 6.16. The second kappa shape index (κ2) is 6.86. The predicted molar refractivity (Wildman–Crippen MR) is 97.2 cm³/mol. The van der Waals surface area contributed by atoms with Gasteiger partial charge < -0.3 is 9.64 Å². The van der Waals surface area contributed by atoms with Crippen molar-refractivity contribution in [1.29, 1.82) is 0 Å². The maximum atomic E-state index is 12.1. The van der Waals surface area contributed by atoms with Crippen LogP contribution in [0.3, 0.4) is 0 Å². The quantitative estimate of drug-likeness (QED) is 0.855. The van der Waals surface area contributed by atoms with Gasteiger partial charge in [0.05, 0.1) is 19.3 Å². The molecular weight excluding hydrogens is 324 g/mol. The largest absolute Gasteiger partial charge is 0.377 e. The Balaban J connectivity index is 2.11. The van der Waals surface area contributed by atoms with E-state index in [1.54, 1.807) is 18.6 Å². The number of hydrogen-bond donors (Lipinski definition) is 0. The number of rotatable bonds is 3. The number of nitrogens with zero attached hydrogens (tertiary/aromatic N) is 4. The van der Waals surface area contributed by atoms with E-state index < -0.39 is 9.73 Å². The Morgan fingerprint density at radius 1 is 1.25 bits per heavy atom. The van der Waals surface area contributed by atoms with Crippen molar-refractivity contribution in [3.8, 4) is 11.4 Å². The Morgan fingerprint density at radius 2 is 2.00 bits per heavy atom. The van der Waals surface area contributed by atoms with Crippen LogP contribution in [0.2, 0.25) is 0 Å². The highest BCUT2D eigenvalue weighted by atomic mass is 32.2. The Hall–Kier alpha value is -1.99. The molecule has 1 atom stereocenters. The molecule has 0 bridgehead atoms. The summed E-state index contributed by atoms with van der Waals surface area (Å²) in [7, 11) is -2.30. The summed E-state index contributed by atoms with van der Waals surface area (Å²) >= 11 is 0. The van der Waals surface area contributed by atoms with Crippen LogP contribution in [-0.4, -0.2) is 52.5 Å². The summed E-state index contributed by atoms with van der Waals surface area (Å²) in [5.74, 6) is 1.84. The minimum Gasteiger partial charge on any atom is -0.377 e. The molecule has 128 valence electrons. The SMILES string of the molecule is C[C@@H]1COCCN1c1cc(N=S(C)(C)=O)nc(-c2ccccc2)n1. The molecule has 0 amide bonds. The van der Waals surface area contributed by atoms with Crippen molar-refractivity contribution in [1.82, 2.24) is 9.97 Å². The van der Waals surface area contributed by atoms with Gasteiger partial charge in [0.2, 0.25) is 0 Å². The van der Waals surface area contributed by atoms with Crippen LogP contribution in [0, 0.1) is 0 Å². The van der Waals surface area contributed by atoms with Crippen LogP contribution in [0.15, 0.2) is 40.8 Å². The normalized spacial score (nSPS) is 18.5. The van der Waals surface area contributed by atoms with E-state index in [1.165, 1.54) is 0 Å². The molecule has 2 aromatic rings. The van der Waals surface area contributed by atoms with Gasteiger partial charge in [0.1, 0.15) is 5.82 Å². The first-order valence-corrected chi connectivity index (χ1v) is 10.2. The standard InChI is InChI=1S/C17H22N4O2S/c1-13-12-23-10-9-21(13)16-11-15(20-24(2,3)22)18-17(19-16)14-7-5-4-6-8-14/h4-8,11,13H,9-10,12H2,1-3H3/t13-/m1/s1. The molecule has 1 saturated heterocycles. The van der Waals surface area contributed by atoms with E-state index in [9.17, 15) is 4.21 Å². The molecular formula is C17H22N4O2S. The highest BCUT2D eigenvalue weighted by Gasteiger charge is 2.22. The highest BCUT2D eigenvalue weighted by Crippen LogP contribution is 2.26. The summed E-state index contributed by atoms with van der Waals surface area (Å²) in [5.41, 5.74) is 0.912. The van der Waals surface area contributed by atoms with Gasteiger partial charge in [-0.2, -0.15) is 4.36 Å². The minimum atomic E-state index is -2.30. The Bertz CT molecular complexity index is 824. The average molecular weight is 346 g/mol. The monoisotopic (exact) mass is 346 g/mol. The van der Waals surface area contributed by atoms with Crippen molar-refractivity contribution in [3.63, 3.8) is 0 Å². The summed E-state index contributed by atoms with van der Waals surface area (Å²) in [6.45, 7) is 4.19. The van der Waals surface area contributed by atoms with E-state index in [0.717, 1.165) is 17.9 Å². The van der Waals surface area contributed by atoms with Crippen LogP contribution in [0.1, 0.15) is 6.92 Å². The predicted octanol–water partition coefficient (Wildman–Crippen LogP) is 2.73. The molecule has 1 aliphatic rings. The van der Waals surface area contributed by atoms with E-state index in [1.807, 2.05) is 30.3 Å². The third-order valence-electron chi connectivity index (χ3n) is 3.71. The first-order chi connectivity index (χ1) is 11.4. The van der Waals surface area contributed by atoms with Crippen molar-refractivity contribution in [2.45, 2.75) is 13.0 Å². The molecule has 0 radical (unpaired) electrons. The van der Waals surface area contributed by atoms with Gasteiger partial charge in [-0.15, -0.1) is 0 Å². The zero-order valence-corrected chi connectivity index (χ0v) is 15.0. The van der Waals surface area contributed by atoms with Gasteiger partial charge >= 0.3 is 0 Å². The summed E-state index contributed by atoms with van der Waals surface area (Å²) in [6.07, 6.45) is 3.21. The molecule has 1 aromatic carbocycles. The average Bonchev–Trinajstić information content (AvgIpc) is 2.54. The van der Waals surface area contributed by atoms with Crippen LogP contribution in [-0.2, 0) is 14.5 Å². The third-order valence-corrected chi connectivity index (χ3v) is 4.33. The van der Waals surface area contributed by atoms with Crippen molar-refractivity contribution in [2.75, 3.05) is 37.2 Å². The fourth-order valence-electron chi connectivity index (χ4n) is 2.62. The minimum absolute atomic E-state index is 0.220.